The van der Waals surface area contributed by atoms with Crippen LogP contribution in [0.4, 0.5) is 0 Å². The maximum absolute atomic E-state index is 10.7. The Morgan fingerprint density at radius 2 is 1.40 bits per heavy atom. The molecular weight excluding hydrogens is 244 g/mol. The van der Waals surface area contributed by atoms with Crippen LogP contribution in [0.25, 0.3) is 0 Å². The zero-order valence-electron chi connectivity index (χ0n) is 8.46. The van der Waals surface area contributed by atoms with Gasteiger partial charge >= 0.3 is 0 Å². The van der Waals surface area contributed by atoms with E-state index in [1.807, 2.05) is 6.92 Å². The molecule has 0 unspecified atom stereocenters. The minimum absolute atomic E-state index is 0.280. The summed E-state index contributed by atoms with van der Waals surface area (Å²) in [5.41, 5.74) is 0. The molecule has 0 spiro atoms. The van der Waals surface area contributed by atoms with Crippen LogP contribution in [0, 0.1) is 0 Å². The van der Waals surface area contributed by atoms with Gasteiger partial charge in [-0.3, -0.25) is 9.11 Å². The molecule has 0 aliphatic carbocycles. The highest BCUT2D eigenvalue weighted by Gasteiger charge is 2.34. The first kappa shape index (κ1) is 14.8. The Labute approximate surface area is 90.2 Å². The smallest absolute Gasteiger partial charge is 0.284 e. The van der Waals surface area contributed by atoms with Crippen LogP contribution < -0.4 is 0 Å². The number of hydrogen-bond donors (Lipinski definition) is 2. The lowest BCUT2D eigenvalue weighted by Gasteiger charge is -2.09. The molecule has 0 rings (SSSR count). The van der Waals surface area contributed by atoms with Crippen molar-refractivity contribution in [1.82, 2.24) is 0 Å². The Balaban J connectivity index is 4.44. The van der Waals surface area contributed by atoms with E-state index in [2.05, 4.69) is 0 Å². The number of rotatable bonds is 7. The molecule has 92 valence electrons. The van der Waals surface area contributed by atoms with Crippen molar-refractivity contribution < 1.29 is 25.9 Å². The van der Waals surface area contributed by atoms with E-state index in [9.17, 15) is 16.8 Å². The minimum atomic E-state index is -4.75. The van der Waals surface area contributed by atoms with Crippen LogP contribution in [0.3, 0.4) is 0 Å². The van der Waals surface area contributed by atoms with Gasteiger partial charge in [-0.1, -0.05) is 32.6 Å². The van der Waals surface area contributed by atoms with E-state index < -0.39 is 24.8 Å². The highest BCUT2D eigenvalue weighted by Crippen LogP contribution is 2.15. The van der Waals surface area contributed by atoms with Crippen molar-refractivity contribution in [2.45, 2.75) is 43.6 Å². The summed E-state index contributed by atoms with van der Waals surface area (Å²) in [7, 11) is -9.50. The quantitative estimate of drug-likeness (QED) is 0.523. The van der Waals surface area contributed by atoms with Gasteiger partial charge in [0.05, 0.1) is 0 Å². The molecule has 0 aliphatic heterocycles. The fourth-order valence-electron chi connectivity index (χ4n) is 1.19. The zero-order chi connectivity index (χ0) is 12.1. The Morgan fingerprint density at radius 3 is 1.73 bits per heavy atom. The lowest BCUT2D eigenvalue weighted by molar-refractivity contribution is 0.447. The second kappa shape index (κ2) is 5.78. The second-order valence-corrected chi connectivity index (χ2v) is 6.81. The van der Waals surface area contributed by atoms with Gasteiger partial charge in [0.2, 0.25) is 4.58 Å². The van der Waals surface area contributed by atoms with Crippen LogP contribution in [-0.2, 0) is 20.2 Å². The summed E-state index contributed by atoms with van der Waals surface area (Å²) >= 11 is 0. The van der Waals surface area contributed by atoms with E-state index in [1.165, 1.54) is 0 Å². The SMILES string of the molecule is CCCCCCC(S(=O)(=O)O)S(=O)(=O)O. The van der Waals surface area contributed by atoms with Crippen LogP contribution >= 0.6 is 0 Å². The molecule has 0 saturated heterocycles. The molecule has 0 aromatic carbocycles. The van der Waals surface area contributed by atoms with Crippen LogP contribution in [0.5, 0.6) is 0 Å². The summed E-state index contributed by atoms with van der Waals surface area (Å²) in [5, 5.41) is 0. The molecule has 0 atom stereocenters. The topological polar surface area (TPSA) is 109 Å². The molecule has 0 bridgehead atoms. The minimum Gasteiger partial charge on any atom is -0.284 e. The predicted molar refractivity (Wildman–Crippen MR) is 55.6 cm³/mol. The Kier molecular flexibility index (Phi) is 5.71. The van der Waals surface area contributed by atoms with Crippen molar-refractivity contribution in [2.75, 3.05) is 0 Å². The highest BCUT2D eigenvalue weighted by molar-refractivity contribution is 8.03. The second-order valence-electron chi connectivity index (χ2n) is 3.31. The first-order valence-corrected chi connectivity index (χ1v) is 7.63. The van der Waals surface area contributed by atoms with E-state index in [0.717, 1.165) is 12.8 Å². The third-order valence-electron chi connectivity index (χ3n) is 1.96. The molecule has 0 fully saturated rings. The van der Waals surface area contributed by atoms with Crippen LogP contribution in [0.15, 0.2) is 0 Å². The molecule has 2 N–H and O–H groups in total. The van der Waals surface area contributed by atoms with E-state index >= 15 is 0 Å². The Bertz CT molecular complexity index is 336. The van der Waals surface area contributed by atoms with Crippen molar-refractivity contribution in [3.63, 3.8) is 0 Å². The van der Waals surface area contributed by atoms with Gasteiger partial charge in [-0.2, -0.15) is 16.8 Å². The lowest BCUT2D eigenvalue weighted by atomic mass is 10.2. The monoisotopic (exact) mass is 260 g/mol. The summed E-state index contributed by atoms with van der Waals surface area (Å²) in [6.45, 7) is 1.95. The van der Waals surface area contributed by atoms with Gasteiger partial charge in [-0.05, 0) is 6.42 Å². The van der Waals surface area contributed by atoms with Gasteiger partial charge in [0.15, 0.2) is 0 Å². The normalized spacial score (nSPS) is 13.3. The van der Waals surface area contributed by atoms with Crippen LogP contribution in [0.1, 0.15) is 39.0 Å². The lowest BCUT2D eigenvalue weighted by Crippen LogP contribution is -2.29. The van der Waals surface area contributed by atoms with E-state index in [-0.39, 0.29) is 6.42 Å². The maximum atomic E-state index is 10.7. The summed E-state index contributed by atoms with van der Waals surface area (Å²) in [4.78, 5) is 0. The summed E-state index contributed by atoms with van der Waals surface area (Å²) in [6.07, 6.45) is 2.49. The van der Waals surface area contributed by atoms with Crippen molar-refractivity contribution in [1.29, 1.82) is 0 Å². The molecule has 0 radical (unpaired) electrons. The van der Waals surface area contributed by atoms with Crippen molar-refractivity contribution in [3.05, 3.63) is 0 Å². The molecular formula is C7H16O6S2. The molecule has 0 aliphatic rings. The summed E-state index contributed by atoms with van der Waals surface area (Å²) < 4.78 is 57.7. The third kappa shape index (κ3) is 6.08. The Hall–Kier alpha value is -0.180. The summed E-state index contributed by atoms with van der Waals surface area (Å²) in [6, 6.07) is 0. The summed E-state index contributed by atoms with van der Waals surface area (Å²) in [5.74, 6) is 0. The van der Waals surface area contributed by atoms with E-state index in [0.29, 0.717) is 12.8 Å². The fourth-order valence-corrected chi connectivity index (χ4v) is 3.35. The van der Waals surface area contributed by atoms with Crippen LogP contribution in [0.2, 0.25) is 0 Å². The van der Waals surface area contributed by atoms with Gasteiger partial charge < -0.3 is 0 Å². The largest absolute Gasteiger partial charge is 0.284 e. The predicted octanol–water partition coefficient (Wildman–Crippen LogP) is 1.06. The number of hydrogen-bond acceptors (Lipinski definition) is 4. The first-order chi connectivity index (χ1) is 6.69. The molecule has 0 aromatic heterocycles. The molecule has 0 amide bonds. The molecule has 15 heavy (non-hydrogen) atoms. The molecule has 0 saturated carbocycles. The highest BCUT2D eigenvalue weighted by atomic mass is 32.3. The molecule has 6 nitrogen and oxygen atoms in total. The van der Waals surface area contributed by atoms with Crippen molar-refractivity contribution >= 4 is 20.2 Å². The maximum Gasteiger partial charge on any atom is 0.284 e. The average Bonchev–Trinajstić information content (AvgIpc) is 1.99. The van der Waals surface area contributed by atoms with Gasteiger partial charge in [-0.25, -0.2) is 0 Å². The van der Waals surface area contributed by atoms with Gasteiger partial charge in [0.25, 0.3) is 20.2 Å². The van der Waals surface area contributed by atoms with Gasteiger partial charge in [0.1, 0.15) is 0 Å². The Morgan fingerprint density at radius 1 is 0.933 bits per heavy atom. The third-order valence-corrected chi connectivity index (χ3v) is 5.22. The van der Waals surface area contributed by atoms with Crippen molar-refractivity contribution in [2.24, 2.45) is 0 Å². The zero-order valence-corrected chi connectivity index (χ0v) is 10.1. The average molecular weight is 260 g/mol. The molecule has 0 aromatic rings. The van der Waals surface area contributed by atoms with E-state index in [4.69, 9.17) is 9.11 Å². The van der Waals surface area contributed by atoms with E-state index in [1.54, 1.807) is 0 Å². The van der Waals surface area contributed by atoms with Gasteiger partial charge in [-0.15, -0.1) is 0 Å². The van der Waals surface area contributed by atoms with Gasteiger partial charge in [0, 0.05) is 0 Å². The molecule has 0 heterocycles. The molecule has 8 heteroatoms. The fraction of sp³-hybridized carbons (Fsp3) is 1.00. The number of unbranched alkanes of at least 4 members (excludes halogenated alkanes) is 3. The first-order valence-electron chi connectivity index (χ1n) is 4.62. The van der Waals surface area contributed by atoms with Crippen molar-refractivity contribution in [3.8, 4) is 0 Å². The van der Waals surface area contributed by atoms with Crippen LogP contribution in [-0.4, -0.2) is 30.5 Å². The standard InChI is InChI=1S/C7H16O6S2/c1-2-3-4-5-6-7(14(8,9)10)15(11,12)13/h7H,2-6H2,1H3,(H,8,9,10)(H,11,12,13).